The van der Waals surface area contributed by atoms with Gasteiger partial charge in [0.1, 0.15) is 0 Å². The van der Waals surface area contributed by atoms with Crippen LogP contribution in [0.1, 0.15) is 132 Å². The monoisotopic (exact) mass is 1080 g/mol. The molecule has 11 aromatic rings. The molecule has 0 saturated heterocycles. The van der Waals surface area contributed by atoms with Crippen molar-refractivity contribution in [2.75, 3.05) is 4.90 Å². The summed E-state index contributed by atoms with van der Waals surface area (Å²) < 4.78 is 0. The number of nitrogens with zero attached hydrogens (tertiary/aromatic N) is 1. The Morgan fingerprint density at radius 3 is 1.30 bits per heavy atom. The minimum Gasteiger partial charge on any atom is -0.310 e. The lowest BCUT2D eigenvalue weighted by molar-refractivity contribution is 0.229. The van der Waals surface area contributed by atoms with Crippen molar-refractivity contribution in [3.63, 3.8) is 0 Å². The van der Waals surface area contributed by atoms with Crippen LogP contribution in [0.5, 0.6) is 0 Å². The summed E-state index contributed by atoms with van der Waals surface area (Å²) in [5.74, 6) is 0.385. The van der Waals surface area contributed by atoms with E-state index < -0.39 is 5.41 Å². The average Bonchev–Trinajstić information content (AvgIpc) is 1.54. The standard InChI is InChI=1S/C83H73N/c1-79(2,3)51-78(80(4,5)6)61-25-15-14-24-60(61)56-36-43-67-64-28-18-21-31-73(64)83(77(67)48-56)72-30-20-17-27-63(72)66-41-34-55(47-76(66)83)54-35-42-68-69-49-58(40-45-71(69)82(9,10)74(68)46-54)84(57-37-32-53(33-38-57)52-22-12-11-13-23-52)59-39-44-65-62-26-16-19-29-70(62)81(7,8)75(65)50-59/h11-50,78H,51H2,1-10H3. The van der Waals surface area contributed by atoms with E-state index in [1.807, 2.05) is 0 Å². The second-order valence-electron chi connectivity index (χ2n) is 27.9. The molecule has 84 heavy (non-hydrogen) atoms. The Bertz CT molecular complexity index is 4460. The third-order valence-corrected chi connectivity index (χ3v) is 19.9. The van der Waals surface area contributed by atoms with Crippen LogP contribution < -0.4 is 4.90 Å². The highest BCUT2D eigenvalue weighted by molar-refractivity contribution is 5.98. The number of rotatable bonds is 8. The summed E-state index contributed by atoms with van der Waals surface area (Å²) in [7, 11) is 0. The summed E-state index contributed by atoms with van der Waals surface area (Å²) in [6, 6.07) is 93.1. The zero-order valence-electron chi connectivity index (χ0n) is 50.3. The van der Waals surface area contributed by atoms with E-state index >= 15 is 0 Å². The molecule has 0 saturated carbocycles. The predicted octanol–water partition coefficient (Wildman–Crippen LogP) is 22.7. The van der Waals surface area contributed by atoms with Crippen LogP contribution in [-0.4, -0.2) is 0 Å². The van der Waals surface area contributed by atoms with Crippen molar-refractivity contribution in [3.05, 3.63) is 293 Å². The summed E-state index contributed by atoms with van der Waals surface area (Å²) in [6.07, 6.45) is 1.11. The molecule has 0 fully saturated rings. The summed E-state index contributed by atoms with van der Waals surface area (Å²) in [4.78, 5) is 2.48. The first-order valence-corrected chi connectivity index (χ1v) is 30.5. The molecule has 0 radical (unpaired) electrons. The highest BCUT2D eigenvalue weighted by Gasteiger charge is 2.52. The summed E-state index contributed by atoms with van der Waals surface area (Å²) in [6.45, 7) is 24.0. The number of benzene rings is 11. The van der Waals surface area contributed by atoms with Crippen LogP contribution in [0, 0.1) is 10.8 Å². The number of hydrogen-bond acceptors (Lipinski definition) is 1. The Morgan fingerprint density at radius 2 is 0.690 bits per heavy atom. The molecule has 0 N–H and O–H groups in total. The van der Waals surface area contributed by atoms with Crippen LogP contribution in [0.3, 0.4) is 0 Å². The molecule has 4 aliphatic rings. The van der Waals surface area contributed by atoms with Crippen molar-refractivity contribution < 1.29 is 0 Å². The van der Waals surface area contributed by atoms with E-state index in [4.69, 9.17) is 0 Å². The molecule has 4 aliphatic carbocycles. The van der Waals surface area contributed by atoms with Gasteiger partial charge in [0, 0.05) is 27.9 Å². The molecule has 410 valence electrons. The first-order chi connectivity index (χ1) is 40.4. The van der Waals surface area contributed by atoms with Crippen molar-refractivity contribution >= 4 is 17.1 Å². The highest BCUT2D eigenvalue weighted by atomic mass is 15.1. The molecular formula is C83H73N. The van der Waals surface area contributed by atoms with Gasteiger partial charge >= 0.3 is 0 Å². The summed E-state index contributed by atoms with van der Waals surface area (Å²) in [5.41, 5.74) is 33.3. The number of anilines is 3. The molecule has 2 atom stereocenters. The Hall–Kier alpha value is -8.78. The topological polar surface area (TPSA) is 3.24 Å². The second kappa shape index (κ2) is 18.6. The van der Waals surface area contributed by atoms with E-state index in [1.54, 1.807) is 0 Å². The predicted molar refractivity (Wildman–Crippen MR) is 355 cm³/mol. The van der Waals surface area contributed by atoms with E-state index in [0.29, 0.717) is 5.92 Å². The second-order valence-corrected chi connectivity index (χ2v) is 27.9. The molecule has 1 spiro atoms. The molecule has 1 heteroatoms. The maximum absolute atomic E-state index is 2.58. The van der Waals surface area contributed by atoms with Gasteiger partial charge < -0.3 is 4.90 Å². The quantitative estimate of drug-likeness (QED) is 0.147. The molecule has 0 heterocycles. The zero-order chi connectivity index (χ0) is 57.7. The maximum Gasteiger partial charge on any atom is 0.0725 e. The molecule has 11 aromatic carbocycles. The fourth-order valence-electron chi connectivity index (χ4n) is 15.8. The number of hydrogen-bond donors (Lipinski definition) is 0. The molecule has 0 aromatic heterocycles. The normalized spacial score (nSPS) is 16.5. The van der Waals surface area contributed by atoms with Crippen LogP contribution in [0.2, 0.25) is 0 Å². The highest BCUT2D eigenvalue weighted by Crippen LogP contribution is 2.64. The van der Waals surface area contributed by atoms with Crippen LogP contribution in [0.4, 0.5) is 17.1 Å². The Balaban J connectivity index is 0.851. The van der Waals surface area contributed by atoms with Crippen LogP contribution in [0.25, 0.3) is 77.9 Å². The minimum atomic E-state index is -0.497. The van der Waals surface area contributed by atoms with Gasteiger partial charge in [-0.25, -0.2) is 0 Å². The lowest BCUT2D eigenvalue weighted by Crippen LogP contribution is -2.26. The Kier molecular flexibility index (Phi) is 11.5. The smallest absolute Gasteiger partial charge is 0.0725 e. The fourth-order valence-corrected chi connectivity index (χ4v) is 15.8. The largest absolute Gasteiger partial charge is 0.310 e. The van der Waals surface area contributed by atoms with Gasteiger partial charge in [0.2, 0.25) is 0 Å². The third kappa shape index (κ3) is 7.80. The number of fused-ring (bicyclic) bond motifs is 16. The van der Waals surface area contributed by atoms with E-state index in [1.165, 1.54) is 128 Å². The van der Waals surface area contributed by atoms with Crippen molar-refractivity contribution in [1.29, 1.82) is 0 Å². The lowest BCUT2D eigenvalue weighted by atomic mass is 9.67. The van der Waals surface area contributed by atoms with E-state index in [2.05, 4.69) is 317 Å². The third-order valence-electron chi connectivity index (χ3n) is 19.9. The van der Waals surface area contributed by atoms with Gasteiger partial charge in [-0.05, 0) is 206 Å². The van der Waals surface area contributed by atoms with Gasteiger partial charge in [-0.3, -0.25) is 0 Å². The van der Waals surface area contributed by atoms with Crippen LogP contribution >= 0.6 is 0 Å². The van der Waals surface area contributed by atoms with Gasteiger partial charge in [-0.2, -0.15) is 0 Å². The van der Waals surface area contributed by atoms with Crippen molar-refractivity contribution in [3.8, 4) is 77.9 Å². The molecule has 2 unspecified atom stereocenters. The molecule has 0 aliphatic heterocycles. The molecule has 15 rings (SSSR count). The molecule has 0 bridgehead atoms. The van der Waals surface area contributed by atoms with E-state index in [0.717, 1.165) is 23.5 Å². The molecular weight excluding hydrogens is 1010 g/mol. The first kappa shape index (κ1) is 52.1. The van der Waals surface area contributed by atoms with Gasteiger partial charge in [0.25, 0.3) is 0 Å². The molecule has 1 nitrogen and oxygen atoms in total. The minimum absolute atomic E-state index is 0.0859. The van der Waals surface area contributed by atoms with Crippen LogP contribution in [0.15, 0.2) is 243 Å². The lowest BCUT2D eigenvalue weighted by Gasteiger charge is -2.37. The Labute approximate surface area is 498 Å². The van der Waals surface area contributed by atoms with E-state index in [9.17, 15) is 0 Å². The average molecular weight is 1080 g/mol. The molecule has 0 amide bonds. The van der Waals surface area contributed by atoms with Crippen molar-refractivity contribution in [2.45, 2.75) is 97.8 Å². The fraction of sp³-hybridized carbons (Fsp3) is 0.205. The van der Waals surface area contributed by atoms with Crippen LogP contribution in [-0.2, 0) is 16.2 Å². The maximum atomic E-state index is 2.58. The van der Waals surface area contributed by atoms with Gasteiger partial charge in [0.05, 0.1) is 5.41 Å². The van der Waals surface area contributed by atoms with Crippen molar-refractivity contribution in [1.82, 2.24) is 0 Å². The van der Waals surface area contributed by atoms with Gasteiger partial charge in [-0.1, -0.05) is 257 Å². The summed E-state index contributed by atoms with van der Waals surface area (Å²) >= 11 is 0. The van der Waals surface area contributed by atoms with Gasteiger partial charge in [-0.15, -0.1) is 0 Å². The SMILES string of the molecule is CC(C)(C)CC(c1ccccc1-c1ccc2c(c1)C1(c3ccccc3-c3ccc(-c4ccc5c(c4)C(C)(C)c4ccc(N(c6ccc(-c7ccccc7)cc6)c6ccc7c(c6)C(C)(C)c6ccccc6-7)cc4-5)cc31)c1ccccc1-2)C(C)(C)C. The first-order valence-electron chi connectivity index (χ1n) is 30.5. The summed E-state index contributed by atoms with van der Waals surface area (Å²) in [5, 5.41) is 0. The van der Waals surface area contributed by atoms with Gasteiger partial charge in [0.15, 0.2) is 0 Å². The van der Waals surface area contributed by atoms with E-state index in [-0.39, 0.29) is 21.7 Å². The Morgan fingerprint density at radius 1 is 0.298 bits per heavy atom. The zero-order valence-corrected chi connectivity index (χ0v) is 50.3. The van der Waals surface area contributed by atoms with Crippen molar-refractivity contribution in [2.24, 2.45) is 10.8 Å².